The zero-order valence-corrected chi connectivity index (χ0v) is 22.9. The molecule has 3 unspecified atom stereocenters. The predicted octanol–water partition coefficient (Wildman–Crippen LogP) is 6.93. The van der Waals surface area contributed by atoms with Gasteiger partial charge < -0.3 is 4.74 Å². The van der Waals surface area contributed by atoms with Crippen LogP contribution in [-0.4, -0.2) is 21.0 Å². The Bertz CT molecular complexity index is 1510. The molecule has 0 spiro atoms. The third-order valence-corrected chi connectivity index (χ3v) is 9.07. The molecule has 1 fully saturated rings. The molecule has 1 aliphatic heterocycles. The third-order valence-electron chi connectivity index (χ3n) is 7.51. The van der Waals surface area contributed by atoms with Crippen molar-refractivity contribution in [2.75, 3.05) is 0 Å². The fourth-order valence-corrected chi connectivity index (χ4v) is 7.03. The number of carbonyl (C=O) groups excluding carboxylic acids is 2. The molecule has 2 aromatic heterocycles. The van der Waals surface area contributed by atoms with Crippen LogP contribution in [-0.2, 0) is 21.5 Å². The van der Waals surface area contributed by atoms with Crippen LogP contribution in [0.25, 0.3) is 0 Å². The van der Waals surface area contributed by atoms with Gasteiger partial charge in [-0.15, -0.1) is 0 Å². The Kier molecular flexibility index (Phi) is 6.76. The van der Waals surface area contributed by atoms with Crippen LogP contribution < -0.4 is 4.74 Å². The van der Waals surface area contributed by atoms with Crippen molar-refractivity contribution >= 4 is 47.4 Å². The summed E-state index contributed by atoms with van der Waals surface area (Å²) < 4.78 is 7.80. The van der Waals surface area contributed by atoms with Gasteiger partial charge in [0.1, 0.15) is 17.6 Å². The van der Waals surface area contributed by atoms with Crippen molar-refractivity contribution in [3.8, 4) is 5.88 Å². The zero-order chi connectivity index (χ0) is 26.3. The Morgan fingerprint density at radius 1 is 1.00 bits per heavy atom. The average molecular weight is 561 g/mol. The number of hydrogen-bond donors (Lipinski definition) is 1. The first-order chi connectivity index (χ1) is 18.5. The highest BCUT2D eigenvalue weighted by Gasteiger charge is 2.53. The number of aryl methyl sites for hydroxylation is 1. The third kappa shape index (κ3) is 4.23. The molecule has 4 aromatic rings. The summed E-state index contributed by atoms with van der Waals surface area (Å²) in [4.78, 5) is 32.4. The normalized spacial score (nSPS) is 23.3. The molecule has 0 bridgehead atoms. The molecule has 2 aromatic carbocycles. The number of rotatable bonds is 5. The lowest BCUT2D eigenvalue weighted by molar-refractivity contribution is -0.142. The van der Waals surface area contributed by atoms with Crippen LogP contribution >= 0.6 is 35.8 Å². The summed E-state index contributed by atoms with van der Waals surface area (Å²) in [5.41, 5.74) is 3.10. The van der Waals surface area contributed by atoms with Crippen LogP contribution in [0.4, 0.5) is 0 Å². The summed E-state index contributed by atoms with van der Waals surface area (Å²) in [5.74, 6) is -1.23. The summed E-state index contributed by atoms with van der Waals surface area (Å²) in [6.07, 6.45) is 2.88. The number of ketones is 1. The molecule has 1 amide bonds. The predicted molar refractivity (Wildman–Crippen MR) is 152 cm³/mol. The molecule has 3 atom stereocenters. The Morgan fingerprint density at radius 2 is 1.79 bits per heavy atom. The number of fused-ring (bicyclic) bond motifs is 1. The summed E-state index contributed by atoms with van der Waals surface area (Å²) in [7, 11) is 0. The van der Waals surface area contributed by atoms with Gasteiger partial charge in [0.2, 0.25) is 11.8 Å². The molecule has 2 aliphatic rings. The summed E-state index contributed by atoms with van der Waals surface area (Å²) in [6.45, 7) is 0. The van der Waals surface area contributed by atoms with Crippen LogP contribution in [0.15, 0.2) is 83.6 Å². The second kappa shape index (κ2) is 10.2. The minimum absolute atomic E-state index is 0.0115. The number of carbonyl (C=O) groups is 2. The molecule has 38 heavy (non-hydrogen) atoms. The van der Waals surface area contributed by atoms with Gasteiger partial charge in [-0.05, 0) is 70.5 Å². The maximum atomic E-state index is 13.8. The smallest absolute Gasteiger partial charge is 0.248 e. The van der Waals surface area contributed by atoms with Crippen LogP contribution in [0.2, 0.25) is 5.02 Å². The molecule has 6 rings (SSSR count). The average Bonchev–Trinajstić information content (AvgIpc) is 3.48. The second-order valence-corrected chi connectivity index (χ2v) is 11.3. The van der Waals surface area contributed by atoms with Gasteiger partial charge in [0.15, 0.2) is 5.78 Å². The number of piperidine rings is 1. The highest BCUT2D eigenvalue weighted by Crippen LogP contribution is 2.48. The van der Waals surface area contributed by atoms with Gasteiger partial charge in [-0.2, -0.15) is 11.3 Å². The van der Waals surface area contributed by atoms with Crippen molar-refractivity contribution in [1.29, 1.82) is 0 Å². The van der Waals surface area contributed by atoms with Crippen molar-refractivity contribution in [3.63, 3.8) is 0 Å². The minimum atomic E-state index is -1.18. The SMILES string of the molecule is O=C1CC(c2ccsc2)(c2cccc(OC3CCCc4ccccc43)n2)N(S)C(=O)C1c1ccccc1Cl. The second-order valence-electron chi connectivity index (χ2n) is 9.68. The minimum Gasteiger partial charge on any atom is -0.469 e. The van der Waals surface area contributed by atoms with E-state index in [2.05, 4.69) is 18.2 Å². The van der Waals surface area contributed by atoms with E-state index in [-0.39, 0.29) is 18.3 Å². The van der Waals surface area contributed by atoms with Gasteiger partial charge in [0.25, 0.3) is 0 Å². The maximum absolute atomic E-state index is 13.8. The number of aromatic nitrogens is 1. The Hall–Kier alpha value is -3.13. The highest BCUT2D eigenvalue weighted by atomic mass is 35.5. The van der Waals surface area contributed by atoms with Gasteiger partial charge in [0.05, 0.1) is 5.69 Å². The van der Waals surface area contributed by atoms with Gasteiger partial charge >= 0.3 is 0 Å². The Labute approximate surface area is 236 Å². The van der Waals surface area contributed by atoms with Crippen LogP contribution in [0.5, 0.6) is 5.88 Å². The fourth-order valence-electron chi connectivity index (χ4n) is 5.65. The van der Waals surface area contributed by atoms with Crippen molar-refractivity contribution in [2.24, 2.45) is 0 Å². The Balaban J connectivity index is 1.40. The number of benzene rings is 2. The number of nitrogens with zero attached hydrogens (tertiary/aromatic N) is 2. The quantitative estimate of drug-likeness (QED) is 0.212. The van der Waals surface area contributed by atoms with Gasteiger partial charge in [-0.3, -0.25) is 13.9 Å². The van der Waals surface area contributed by atoms with E-state index in [9.17, 15) is 9.59 Å². The first kappa shape index (κ1) is 25.2. The molecular weight excluding hydrogens is 536 g/mol. The van der Waals surface area contributed by atoms with E-state index in [0.29, 0.717) is 22.2 Å². The van der Waals surface area contributed by atoms with Crippen molar-refractivity contribution < 1.29 is 14.3 Å². The fraction of sp³-hybridized carbons (Fsp3) is 0.233. The molecule has 8 heteroatoms. The van der Waals surface area contributed by atoms with Crippen molar-refractivity contribution in [2.45, 2.75) is 43.2 Å². The molecule has 192 valence electrons. The van der Waals surface area contributed by atoms with E-state index in [1.54, 1.807) is 24.3 Å². The summed E-state index contributed by atoms with van der Waals surface area (Å²) >= 11 is 12.6. The monoisotopic (exact) mass is 560 g/mol. The molecule has 1 saturated heterocycles. The van der Waals surface area contributed by atoms with Gasteiger partial charge in [0, 0.05) is 17.5 Å². The largest absolute Gasteiger partial charge is 0.469 e. The Morgan fingerprint density at radius 3 is 2.58 bits per heavy atom. The lowest BCUT2D eigenvalue weighted by atomic mass is 9.75. The van der Waals surface area contributed by atoms with E-state index < -0.39 is 17.4 Å². The van der Waals surface area contributed by atoms with E-state index in [4.69, 9.17) is 34.1 Å². The highest BCUT2D eigenvalue weighted by molar-refractivity contribution is 7.78. The molecule has 0 radical (unpaired) electrons. The van der Waals surface area contributed by atoms with Crippen molar-refractivity contribution in [3.05, 3.63) is 117 Å². The van der Waals surface area contributed by atoms with Crippen molar-refractivity contribution in [1.82, 2.24) is 9.29 Å². The molecule has 1 aliphatic carbocycles. The number of ether oxygens (including phenoxy) is 1. The van der Waals surface area contributed by atoms with E-state index in [1.165, 1.54) is 26.8 Å². The summed E-state index contributed by atoms with van der Waals surface area (Å²) in [6, 6.07) is 22.7. The maximum Gasteiger partial charge on any atom is 0.248 e. The standard InChI is InChI=1S/C30H25ClN2O3S2/c31-23-11-4-3-10-22(23)28-24(34)17-30(33(37)29(28)35,20-15-16-38-18-20)26-13-6-14-27(32-26)36-25-12-5-8-19-7-1-2-9-21(19)25/h1-4,6-7,9-11,13-16,18,25,28,37H,5,8,12,17H2. The molecule has 3 heterocycles. The molecule has 0 N–H and O–H groups in total. The van der Waals surface area contributed by atoms with Gasteiger partial charge in [-0.1, -0.05) is 72.9 Å². The molecular formula is C30H25ClN2O3S2. The first-order valence-electron chi connectivity index (χ1n) is 12.5. The number of thiol groups is 1. The van der Waals surface area contributed by atoms with Crippen LogP contribution in [0.3, 0.4) is 0 Å². The van der Waals surface area contributed by atoms with Gasteiger partial charge in [-0.25, -0.2) is 4.98 Å². The number of amides is 1. The van der Waals surface area contributed by atoms with E-state index >= 15 is 0 Å². The number of thiophene rings is 1. The van der Waals surface area contributed by atoms with Crippen LogP contribution in [0.1, 0.15) is 59.2 Å². The number of pyridine rings is 1. The van der Waals surface area contributed by atoms with E-state index in [0.717, 1.165) is 24.8 Å². The number of hydrogen-bond acceptors (Lipinski definition) is 6. The van der Waals surface area contributed by atoms with Crippen LogP contribution in [0, 0.1) is 0 Å². The lowest BCUT2D eigenvalue weighted by Gasteiger charge is -2.45. The first-order valence-corrected chi connectivity index (χ1v) is 14.3. The zero-order valence-electron chi connectivity index (χ0n) is 20.4. The molecule has 0 saturated carbocycles. The van der Waals surface area contributed by atoms with E-state index in [1.807, 2.05) is 41.1 Å². The lowest BCUT2D eigenvalue weighted by Crippen LogP contribution is -2.54. The number of halogens is 1. The topological polar surface area (TPSA) is 59.5 Å². The number of Topliss-reactive ketones (excluding diaryl/α,β-unsaturated/α-hetero) is 1. The summed E-state index contributed by atoms with van der Waals surface area (Å²) in [5, 5.41) is 4.24. The molecule has 5 nitrogen and oxygen atoms in total.